The van der Waals surface area contributed by atoms with E-state index in [1.807, 2.05) is 32.0 Å². The molecule has 0 saturated carbocycles. The molecule has 2 amide bonds. The van der Waals surface area contributed by atoms with E-state index in [2.05, 4.69) is 32.3 Å². The Morgan fingerprint density at radius 3 is 2.31 bits per heavy atom. The molecular weight excluding hydrogens is 459 g/mol. The van der Waals surface area contributed by atoms with Crippen molar-refractivity contribution in [3.8, 4) is 0 Å². The number of anilines is 2. The van der Waals surface area contributed by atoms with E-state index >= 15 is 0 Å². The van der Waals surface area contributed by atoms with Gasteiger partial charge in [0.25, 0.3) is 0 Å². The number of nitrogens with one attached hydrogen (secondary N) is 1. The predicted octanol–water partition coefficient (Wildman–Crippen LogP) is 3.35. The topological polar surface area (TPSA) is 90.6 Å². The quantitative estimate of drug-likeness (QED) is 0.682. The van der Waals surface area contributed by atoms with Gasteiger partial charge >= 0.3 is 12.2 Å². The highest BCUT2D eigenvalue weighted by Crippen LogP contribution is 2.33. The zero-order valence-electron chi connectivity index (χ0n) is 20.0. The Morgan fingerprint density at radius 2 is 1.74 bits per heavy atom. The van der Waals surface area contributed by atoms with Crippen molar-refractivity contribution in [2.45, 2.75) is 57.5 Å². The van der Waals surface area contributed by atoms with Gasteiger partial charge in [0.1, 0.15) is 11.4 Å². The van der Waals surface area contributed by atoms with E-state index in [9.17, 15) is 18.0 Å². The second-order valence-corrected chi connectivity index (χ2v) is 9.46. The highest BCUT2D eigenvalue weighted by atomic mass is 19.4. The SMILES string of the molecule is C[C@@H]1CN(c2ncc(C(F)(F)F)c(N)n2)C[C@H](C)N1C(=O)NC1CCN(Cc2ccccc2)CC1. The lowest BCUT2D eigenvalue weighted by Gasteiger charge is -2.45. The molecule has 2 aromatic rings. The molecule has 3 N–H and O–H groups in total. The number of amides is 2. The molecular formula is C24H32F3N7O. The number of hydrogen-bond donors (Lipinski definition) is 2. The molecule has 3 heterocycles. The van der Waals surface area contributed by atoms with Crippen LogP contribution >= 0.6 is 0 Å². The summed E-state index contributed by atoms with van der Waals surface area (Å²) in [5.41, 5.74) is 5.78. The fourth-order valence-corrected chi connectivity index (χ4v) is 4.97. The summed E-state index contributed by atoms with van der Waals surface area (Å²) in [7, 11) is 0. The van der Waals surface area contributed by atoms with Gasteiger partial charge in [-0.15, -0.1) is 0 Å². The van der Waals surface area contributed by atoms with Crippen molar-refractivity contribution in [1.82, 2.24) is 25.1 Å². The molecule has 0 spiro atoms. The lowest BCUT2D eigenvalue weighted by atomic mass is 10.0. The fraction of sp³-hybridized carbons (Fsp3) is 0.542. The molecule has 35 heavy (non-hydrogen) atoms. The first kappa shape index (κ1) is 25.0. The molecule has 1 aromatic heterocycles. The molecule has 190 valence electrons. The molecule has 11 heteroatoms. The monoisotopic (exact) mass is 491 g/mol. The third-order valence-corrected chi connectivity index (χ3v) is 6.71. The molecule has 2 fully saturated rings. The van der Waals surface area contributed by atoms with Gasteiger partial charge in [-0.05, 0) is 32.3 Å². The van der Waals surface area contributed by atoms with Crippen LogP contribution in [-0.2, 0) is 12.7 Å². The highest BCUT2D eigenvalue weighted by Gasteiger charge is 2.37. The minimum atomic E-state index is -4.60. The van der Waals surface area contributed by atoms with Gasteiger partial charge in [0.05, 0.1) is 0 Å². The number of urea groups is 1. The molecule has 0 bridgehead atoms. The molecule has 1 aromatic carbocycles. The number of halogens is 3. The number of likely N-dealkylation sites (tertiary alicyclic amines) is 1. The van der Waals surface area contributed by atoms with Crippen molar-refractivity contribution in [3.63, 3.8) is 0 Å². The molecule has 0 radical (unpaired) electrons. The minimum absolute atomic E-state index is 0.112. The third kappa shape index (κ3) is 5.95. The Labute approximate surface area is 203 Å². The number of hydrogen-bond acceptors (Lipinski definition) is 6. The van der Waals surface area contributed by atoms with E-state index in [1.54, 1.807) is 9.80 Å². The van der Waals surface area contributed by atoms with Crippen LogP contribution in [0, 0.1) is 0 Å². The predicted molar refractivity (Wildman–Crippen MR) is 128 cm³/mol. The van der Waals surface area contributed by atoms with Crippen LogP contribution in [0.15, 0.2) is 36.5 Å². The fourth-order valence-electron chi connectivity index (χ4n) is 4.97. The maximum atomic E-state index is 13.1. The van der Waals surface area contributed by atoms with E-state index in [0.29, 0.717) is 13.1 Å². The number of carbonyl (C=O) groups is 1. The standard InChI is InChI=1S/C24H32F3N7O/c1-16-13-33(22-29-12-20(21(28)31-22)24(25,26)27)14-17(2)34(16)23(35)30-19-8-10-32(11-9-19)15-18-6-4-3-5-7-18/h3-7,12,16-17,19H,8-11,13-15H2,1-2H3,(H,30,35)(H2,28,29,31)/t16-,17+. The van der Waals surface area contributed by atoms with Crippen LogP contribution in [0.2, 0.25) is 0 Å². The average Bonchev–Trinajstić information content (AvgIpc) is 2.79. The maximum Gasteiger partial charge on any atom is 0.421 e. The summed E-state index contributed by atoms with van der Waals surface area (Å²) in [5.74, 6) is -0.457. The Hall–Kier alpha value is -3.08. The van der Waals surface area contributed by atoms with E-state index in [1.165, 1.54) is 5.56 Å². The van der Waals surface area contributed by atoms with Crippen molar-refractivity contribution in [1.29, 1.82) is 0 Å². The number of nitrogens with zero attached hydrogens (tertiary/aromatic N) is 5. The van der Waals surface area contributed by atoms with Gasteiger partial charge < -0.3 is 20.9 Å². The maximum absolute atomic E-state index is 13.1. The summed E-state index contributed by atoms with van der Waals surface area (Å²) in [4.78, 5) is 26.9. The Bertz CT molecular complexity index is 1000. The normalized spacial score (nSPS) is 22.3. The van der Waals surface area contributed by atoms with E-state index < -0.39 is 17.6 Å². The zero-order chi connectivity index (χ0) is 25.2. The van der Waals surface area contributed by atoms with Crippen LogP contribution in [0.3, 0.4) is 0 Å². The summed E-state index contributed by atoms with van der Waals surface area (Å²) in [5, 5.41) is 3.19. The summed E-state index contributed by atoms with van der Waals surface area (Å²) in [6.45, 7) is 7.39. The van der Waals surface area contributed by atoms with Crippen molar-refractivity contribution >= 4 is 17.8 Å². The molecule has 2 aliphatic rings. The van der Waals surface area contributed by atoms with Crippen LogP contribution in [0.5, 0.6) is 0 Å². The van der Waals surface area contributed by atoms with Crippen LogP contribution in [0.1, 0.15) is 37.8 Å². The lowest BCUT2D eigenvalue weighted by molar-refractivity contribution is -0.137. The smallest absolute Gasteiger partial charge is 0.383 e. The van der Waals surface area contributed by atoms with Gasteiger partial charge in [-0.3, -0.25) is 4.90 Å². The molecule has 0 unspecified atom stereocenters. The molecule has 2 aliphatic heterocycles. The van der Waals surface area contributed by atoms with Gasteiger partial charge in [-0.2, -0.15) is 18.2 Å². The molecule has 2 atom stereocenters. The summed E-state index contributed by atoms with van der Waals surface area (Å²) < 4.78 is 38.9. The first-order valence-electron chi connectivity index (χ1n) is 11.9. The zero-order valence-corrected chi connectivity index (χ0v) is 20.0. The summed E-state index contributed by atoms with van der Waals surface area (Å²) >= 11 is 0. The second-order valence-electron chi connectivity index (χ2n) is 9.46. The molecule has 8 nitrogen and oxygen atoms in total. The van der Waals surface area contributed by atoms with Crippen LogP contribution in [-0.4, -0.2) is 70.1 Å². The van der Waals surface area contributed by atoms with Gasteiger partial charge in [-0.1, -0.05) is 30.3 Å². The van der Waals surface area contributed by atoms with Gasteiger partial charge in [0, 0.05) is 57.0 Å². The van der Waals surface area contributed by atoms with Crippen LogP contribution in [0.25, 0.3) is 0 Å². The molecule has 4 rings (SSSR count). The van der Waals surface area contributed by atoms with Crippen molar-refractivity contribution in [2.24, 2.45) is 0 Å². The van der Waals surface area contributed by atoms with Gasteiger partial charge in [0.15, 0.2) is 0 Å². The van der Waals surface area contributed by atoms with E-state index in [-0.39, 0.29) is 30.1 Å². The number of rotatable bonds is 4. The second kappa shape index (κ2) is 10.3. The summed E-state index contributed by atoms with van der Waals surface area (Å²) in [6, 6.07) is 10.0. The first-order valence-corrected chi connectivity index (χ1v) is 11.9. The average molecular weight is 492 g/mol. The Balaban J connectivity index is 1.30. The number of nitrogens with two attached hydrogens (primary N) is 1. The number of piperazine rings is 1. The van der Waals surface area contributed by atoms with Crippen molar-refractivity contribution in [2.75, 3.05) is 36.8 Å². The minimum Gasteiger partial charge on any atom is -0.383 e. The highest BCUT2D eigenvalue weighted by molar-refractivity contribution is 5.75. The largest absolute Gasteiger partial charge is 0.421 e. The van der Waals surface area contributed by atoms with Crippen molar-refractivity contribution < 1.29 is 18.0 Å². The number of piperidine rings is 1. The third-order valence-electron chi connectivity index (χ3n) is 6.71. The molecule has 2 saturated heterocycles. The lowest BCUT2D eigenvalue weighted by Crippen LogP contribution is -2.62. The van der Waals surface area contributed by atoms with Crippen LogP contribution < -0.4 is 16.0 Å². The van der Waals surface area contributed by atoms with Gasteiger partial charge in [0.2, 0.25) is 5.95 Å². The number of alkyl halides is 3. The number of nitrogen functional groups attached to an aromatic ring is 1. The number of carbonyl (C=O) groups excluding carboxylic acids is 1. The van der Waals surface area contributed by atoms with E-state index in [4.69, 9.17) is 5.73 Å². The molecule has 0 aliphatic carbocycles. The summed E-state index contributed by atoms with van der Waals surface area (Å²) in [6.07, 6.45) is -2.10. The van der Waals surface area contributed by atoms with Crippen LogP contribution in [0.4, 0.5) is 29.7 Å². The first-order chi connectivity index (χ1) is 16.6. The van der Waals surface area contributed by atoms with Gasteiger partial charge in [-0.25, -0.2) is 9.78 Å². The Kier molecular flexibility index (Phi) is 7.34. The number of benzene rings is 1. The Morgan fingerprint density at radius 1 is 1.11 bits per heavy atom. The van der Waals surface area contributed by atoms with Crippen molar-refractivity contribution in [3.05, 3.63) is 47.7 Å². The number of aromatic nitrogens is 2. The van der Waals surface area contributed by atoms with E-state index in [0.717, 1.165) is 38.7 Å².